The van der Waals surface area contributed by atoms with Gasteiger partial charge in [0.2, 0.25) is 10.0 Å². The first-order chi connectivity index (χ1) is 11.9. The number of rotatable bonds is 5. The fourth-order valence-corrected chi connectivity index (χ4v) is 5.28. The molecule has 0 radical (unpaired) electrons. The van der Waals surface area contributed by atoms with E-state index in [0.717, 1.165) is 25.7 Å². The molecule has 0 unspecified atom stereocenters. The number of hydrogen-bond acceptors (Lipinski definition) is 5. The van der Waals surface area contributed by atoms with Gasteiger partial charge in [-0.05, 0) is 26.7 Å². The van der Waals surface area contributed by atoms with Crippen molar-refractivity contribution in [3.8, 4) is 11.5 Å². The first kappa shape index (κ1) is 18.1. The highest BCUT2D eigenvalue weighted by atomic mass is 32.2. The first-order valence-electron chi connectivity index (χ1n) is 8.96. The van der Waals surface area contributed by atoms with Gasteiger partial charge in [-0.15, -0.1) is 0 Å². The monoisotopic (exact) mass is 366 g/mol. The van der Waals surface area contributed by atoms with E-state index in [1.807, 2.05) is 13.8 Å². The average Bonchev–Trinajstić information content (AvgIpc) is 3.04. The lowest BCUT2D eigenvalue weighted by Crippen LogP contribution is -2.34. The maximum Gasteiger partial charge on any atom is 0.261 e. The minimum absolute atomic E-state index is 0.0103. The summed E-state index contributed by atoms with van der Waals surface area (Å²) in [4.78, 5) is 7.65. The standard InChI is InChI=1S/C17H26N4O3S/c1-4-14-19-17(24-20-14)15-11(2)18-12(3)16(15)25(22,23)21-13-9-7-5-6-8-10-13/h13,18,21H,4-10H2,1-3H3. The van der Waals surface area contributed by atoms with Crippen LogP contribution in [-0.2, 0) is 16.4 Å². The second-order valence-corrected chi connectivity index (χ2v) is 8.41. The van der Waals surface area contributed by atoms with E-state index < -0.39 is 10.0 Å². The van der Waals surface area contributed by atoms with Crippen molar-refractivity contribution >= 4 is 10.0 Å². The smallest absolute Gasteiger partial charge is 0.261 e. The molecule has 8 heteroatoms. The Bertz CT molecular complexity index is 830. The molecule has 3 rings (SSSR count). The van der Waals surface area contributed by atoms with Gasteiger partial charge in [-0.1, -0.05) is 37.8 Å². The zero-order valence-corrected chi connectivity index (χ0v) is 15.9. The molecule has 7 nitrogen and oxygen atoms in total. The van der Waals surface area contributed by atoms with Crippen LogP contribution in [-0.4, -0.2) is 29.6 Å². The summed E-state index contributed by atoms with van der Waals surface area (Å²) in [5.74, 6) is 0.813. The Balaban J connectivity index is 1.97. The Kier molecular flexibility index (Phi) is 5.29. The van der Waals surface area contributed by atoms with Crippen LogP contribution >= 0.6 is 0 Å². The highest BCUT2D eigenvalue weighted by Gasteiger charge is 2.31. The third kappa shape index (κ3) is 3.79. The van der Waals surface area contributed by atoms with Crippen LogP contribution in [0.25, 0.3) is 11.5 Å². The van der Waals surface area contributed by atoms with Crippen LogP contribution in [0.4, 0.5) is 0 Å². The van der Waals surface area contributed by atoms with Gasteiger partial charge in [0.15, 0.2) is 5.82 Å². The van der Waals surface area contributed by atoms with Crippen LogP contribution in [0.1, 0.15) is 62.7 Å². The second kappa shape index (κ2) is 7.29. The van der Waals surface area contributed by atoms with E-state index in [4.69, 9.17) is 4.52 Å². The average molecular weight is 366 g/mol. The van der Waals surface area contributed by atoms with Crippen molar-refractivity contribution in [1.82, 2.24) is 19.8 Å². The van der Waals surface area contributed by atoms with Gasteiger partial charge in [-0.2, -0.15) is 4.98 Å². The van der Waals surface area contributed by atoms with Gasteiger partial charge < -0.3 is 9.51 Å². The van der Waals surface area contributed by atoms with Gasteiger partial charge in [0, 0.05) is 23.9 Å². The predicted molar refractivity (Wildman–Crippen MR) is 94.7 cm³/mol. The summed E-state index contributed by atoms with van der Waals surface area (Å²) >= 11 is 0. The highest BCUT2D eigenvalue weighted by molar-refractivity contribution is 7.89. The van der Waals surface area contributed by atoms with Crippen LogP contribution in [0, 0.1) is 13.8 Å². The molecule has 1 aliphatic carbocycles. The molecule has 25 heavy (non-hydrogen) atoms. The largest absolute Gasteiger partial charge is 0.361 e. The summed E-state index contributed by atoms with van der Waals surface area (Å²) in [7, 11) is -3.67. The molecule has 0 atom stereocenters. The van der Waals surface area contributed by atoms with Gasteiger partial charge in [0.1, 0.15) is 4.90 Å². The maximum atomic E-state index is 13.1. The van der Waals surface area contributed by atoms with Crippen LogP contribution < -0.4 is 4.72 Å². The maximum absolute atomic E-state index is 13.1. The van der Waals surface area contributed by atoms with Gasteiger partial charge in [0.25, 0.3) is 5.89 Å². The molecular formula is C17H26N4O3S. The molecule has 2 heterocycles. The molecule has 0 aliphatic heterocycles. The first-order valence-corrected chi connectivity index (χ1v) is 10.4. The van der Waals surface area contributed by atoms with Gasteiger partial charge >= 0.3 is 0 Å². The zero-order valence-electron chi connectivity index (χ0n) is 15.1. The Morgan fingerprint density at radius 2 is 1.84 bits per heavy atom. The molecule has 0 aromatic carbocycles. The number of aryl methyl sites for hydroxylation is 3. The quantitative estimate of drug-likeness (QED) is 0.791. The van der Waals surface area contributed by atoms with Crippen LogP contribution in [0.5, 0.6) is 0 Å². The minimum atomic E-state index is -3.67. The molecule has 0 amide bonds. The number of H-pyrrole nitrogens is 1. The molecule has 2 aromatic rings. The van der Waals surface area contributed by atoms with E-state index in [9.17, 15) is 8.42 Å². The Hall–Kier alpha value is -1.67. The number of sulfonamides is 1. The number of nitrogens with zero attached hydrogens (tertiary/aromatic N) is 2. The fourth-order valence-electron chi connectivity index (χ4n) is 3.53. The summed E-state index contributed by atoms with van der Waals surface area (Å²) in [6, 6.07) is -0.0103. The van der Waals surface area contributed by atoms with Gasteiger partial charge in [0.05, 0.1) is 5.56 Å². The molecular weight excluding hydrogens is 340 g/mol. The van der Waals surface area contributed by atoms with E-state index >= 15 is 0 Å². The molecule has 0 bridgehead atoms. The van der Waals surface area contributed by atoms with Crippen molar-refractivity contribution < 1.29 is 12.9 Å². The summed E-state index contributed by atoms with van der Waals surface area (Å²) in [5, 5.41) is 3.90. The number of aromatic nitrogens is 3. The van der Waals surface area contributed by atoms with Crippen molar-refractivity contribution in [1.29, 1.82) is 0 Å². The second-order valence-electron chi connectivity index (χ2n) is 6.76. The molecule has 138 valence electrons. The molecule has 1 fully saturated rings. The number of nitrogens with one attached hydrogen (secondary N) is 2. The predicted octanol–water partition coefficient (Wildman–Crippen LogP) is 3.25. The summed E-state index contributed by atoms with van der Waals surface area (Å²) in [5.41, 5.74) is 1.78. The lowest BCUT2D eigenvalue weighted by Gasteiger charge is -2.16. The van der Waals surface area contributed by atoms with E-state index in [1.165, 1.54) is 12.8 Å². The van der Waals surface area contributed by atoms with E-state index in [2.05, 4.69) is 19.8 Å². The summed E-state index contributed by atoms with van der Waals surface area (Å²) in [6.07, 6.45) is 6.88. The van der Waals surface area contributed by atoms with Crippen molar-refractivity contribution in [3.05, 3.63) is 17.2 Å². The van der Waals surface area contributed by atoms with E-state index in [1.54, 1.807) is 6.92 Å². The van der Waals surface area contributed by atoms with Crippen molar-refractivity contribution in [2.45, 2.75) is 76.7 Å². The third-order valence-electron chi connectivity index (χ3n) is 4.76. The summed E-state index contributed by atoms with van der Waals surface area (Å²) in [6.45, 7) is 5.51. The Labute approximate surface area is 148 Å². The molecule has 1 aliphatic rings. The molecule has 0 saturated heterocycles. The lowest BCUT2D eigenvalue weighted by molar-refractivity contribution is 0.422. The van der Waals surface area contributed by atoms with Gasteiger partial charge in [-0.25, -0.2) is 13.1 Å². The number of aromatic amines is 1. The van der Waals surface area contributed by atoms with Crippen molar-refractivity contribution in [2.75, 3.05) is 0 Å². The van der Waals surface area contributed by atoms with Gasteiger partial charge in [-0.3, -0.25) is 0 Å². The van der Waals surface area contributed by atoms with Crippen molar-refractivity contribution in [3.63, 3.8) is 0 Å². The molecule has 2 aromatic heterocycles. The minimum Gasteiger partial charge on any atom is -0.361 e. The highest BCUT2D eigenvalue weighted by Crippen LogP contribution is 2.33. The van der Waals surface area contributed by atoms with E-state index in [0.29, 0.717) is 29.2 Å². The van der Waals surface area contributed by atoms with Crippen LogP contribution in [0.15, 0.2) is 9.42 Å². The zero-order chi connectivity index (χ0) is 18.0. The normalized spacial score (nSPS) is 16.9. The lowest BCUT2D eigenvalue weighted by atomic mass is 10.1. The summed E-state index contributed by atoms with van der Waals surface area (Å²) < 4.78 is 34.4. The molecule has 1 saturated carbocycles. The Morgan fingerprint density at radius 3 is 2.44 bits per heavy atom. The Morgan fingerprint density at radius 1 is 1.16 bits per heavy atom. The van der Waals surface area contributed by atoms with E-state index in [-0.39, 0.29) is 16.8 Å². The topological polar surface area (TPSA) is 101 Å². The van der Waals surface area contributed by atoms with Crippen molar-refractivity contribution in [2.24, 2.45) is 0 Å². The molecule has 2 N–H and O–H groups in total. The van der Waals surface area contributed by atoms with Crippen LogP contribution in [0.3, 0.4) is 0 Å². The number of hydrogen-bond donors (Lipinski definition) is 2. The molecule has 0 spiro atoms. The third-order valence-corrected chi connectivity index (χ3v) is 6.45. The fraction of sp³-hybridized carbons (Fsp3) is 0.647. The van der Waals surface area contributed by atoms with Crippen LogP contribution in [0.2, 0.25) is 0 Å². The SMILES string of the molecule is CCc1noc(-c2c(C)[nH]c(C)c2S(=O)(=O)NC2CCCCCC2)n1.